The summed E-state index contributed by atoms with van der Waals surface area (Å²) in [6.45, 7) is 5.48. The number of rotatable bonds is 12. The minimum absolute atomic E-state index is 0.473. The highest BCUT2D eigenvalue weighted by atomic mass is 16.5. The van der Waals surface area contributed by atoms with E-state index in [2.05, 4.69) is 25.5 Å². The highest BCUT2D eigenvalue weighted by Crippen LogP contribution is 2.23. The van der Waals surface area contributed by atoms with Crippen molar-refractivity contribution in [2.24, 2.45) is 5.73 Å². The summed E-state index contributed by atoms with van der Waals surface area (Å²) < 4.78 is 10.9. The Morgan fingerprint density at radius 1 is 0.857 bits per heavy atom. The Balaban J connectivity index is 1.52. The average molecular weight is 394 g/mol. The normalized spacial score (nSPS) is 17.8. The van der Waals surface area contributed by atoms with Crippen molar-refractivity contribution in [1.29, 1.82) is 0 Å². The molecule has 158 valence electrons. The molecule has 0 unspecified atom stereocenters. The van der Waals surface area contributed by atoms with E-state index < -0.39 is 0 Å². The van der Waals surface area contributed by atoms with Crippen LogP contribution in [-0.4, -0.2) is 73.6 Å². The fraction of sp³-hybridized carbons (Fsp3) is 0.842. The molecular formula is C19H35N7O2. The number of hydrogen-bond acceptors (Lipinski definition) is 9. The number of anilines is 3. The van der Waals surface area contributed by atoms with E-state index >= 15 is 0 Å². The van der Waals surface area contributed by atoms with Gasteiger partial charge in [0.25, 0.3) is 0 Å². The molecule has 0 amide bonds. The monoisotopic (exact) mass is 393 g/mol. The van der Waals surface area contributed by atoms with Crippen LogP contribution < -0.4 is 21.3 Å². The van der Waals surface area contributed by atoms with Crippen LogP contribution in [0.3, 0.4) is 0 Å². The molecule has 0 bridgehead atoms. The second-order valence-corrected chi connectivity index (χ2v) is 7.40. The van der Waals surface area contributed by atoms with E-state index in [1.165, 1.54) is 44.9 Å². The minimum Gasteiger partial charge on any atom is -0.378 e. The van der Waals surface area contributed by atoms with Gasteiger partial charge in [-0.3, -0.25) is 0 Å². The summed E-state index contributed by atoms with van der Waals surface area (Å²) in [6.07, 6.45) is 8.60. The standard InChI is InChI=1S/C19H35N7O2/c20-8-12-27-14-15-28-13-9-21-17-23-18(22-16-6-2-3-7-16)25-19(24-17)26-10-4-1-5-11-26/h16H,1-15,20H2,(H2,21,22,23,24,25). The Morgan fingerprint density at radius 3 is 2.32 bits per heavy atom. The molecule has 4 N–H and O–H groups in total. The van der Waals surface area contributed by atoms with E-state index in [0.29, 0.717) is 57.5 Å². The van der Waals surface area contributed by atoms with Gasteiger partial charge in [-0.2, -0.15) is 15.0 Å². The highest BCUT2D eigenvalue weighted by Gasteiger charge is 2.19. The maximum Gasteiger partial charge on any atom is 0.231 e. The van der Waals surface area contributed by atoms with Gasteiger partial charge in [0.15, 0.2) is 0 Å². The van der Waals surface area contributed by atoms with E-state index in [1.54, 1.807) is 0 Å². The second kappa shape index (κ2) is 12.0. The molecule has 28 heavy (non-hydrogen) atoms. The van der Waals surface area contributed by atoms with Gasteiger partial charge in [-0.15, -0.1) is 0 Å². The topological polar surface area (TPSA) is 110 Å². The number of nitrogens with two attached hydrogens (primary N) is 1. The van der Waals surface area contributed by atoms with Gasteiger partial charge in [-0.05, 0) is 32.1 Å². The van der Waals surface area contributed by atoms with Crippen molar-refractivity contribution in [2.45, 2.75) is 51.0 Å². The van der Waals surface area contributed by atoms with Crippen LogP contribution in [0.15, 0.2) is 0 Å². The first-order valence-electron chi connectivity index (χ1n) is 10.7. The number of aromatic nitrogens is 3. The maximum absolute atomic E-state index is 5.56. The van der Waals surface area contributed by atoms with Crippen molar-refractivity contribution >= 4 is 17.8 Å². The summed E-state index contributed by atoms with van der Waals surface area (Å²) in [7, 11) is 0. The number of nitrogens with zero attached hydrogens (tertiary/aromatic N) is 4. The Hall–Kier alpha value is -1.71. The summed E-state index contributed by atoms with van der Waals surface area (Å²) in [4.78, 5) is 16.2. The van der Waals surface area contributed by atoms with E-state index in [9.17, 15) is 0 Å². The molecule has 3 rings (SSSR count). The molecule has 1 aliphatic carbocycles. The minimum atomic E-state index is 0.473. The second-order valence-electron chi connectivity index (χ2n) is 7.40. The summed E-state index contributed by atoms with van der Waals surface area (Å²) in [6, 6.07) is 0.473. The van der Waals surface area contributed by atoms with E-state index in [4.69, 9.17) is 20.2 Å². The molecule has 1 aliphatic heterocycles. The van der Waals surface area contributed by atoms with Crippen LogP contribution in [0.25, 0.3) is 0 Å². The van der Waals surface area contributed by atoms with Crippen LogP contribution in [0.4, 0.5) is 17.8 Å². The van der Waals surface area contributed by atoms with Crippen molar-refractivity contribution in [1.82, 2.24) is 15.0 Å². The molecule has 2 aliphatic rings. The Bertz CT molecular complexity index is 563. The SMILES string of the molecule is NCCOCCOCCNc1nc(NC2CCCC2)nc(N2CCCCC2)n1. The van der Waals surface area contributed by atoms with Gasteiger partial charge in [-0.25, -0.2) is 0 Å². The van der Waals surface area contributed by atoms with Crippen LogP contribution in [0, 0.1) is 0 Å². The van der Waals surface area contributed by atoms with Crippen molar-refractivity contribution in [3.05, 3.63) is 0 Å². The van der Waals surface area contributed by atoms with Gasteiger partial charge in [0.2, 0.25) is 17.8 Å². The summed E-state index contributed by atoms with van der Waals surface area (Å²) in [5, 5.41) is 6.78. The van der Waals surface area contributed by atoms with Crippen LogP contribution in [0.1, 0.15) is 44.9 Å². The largest absolute Gasteiger partial charge is 0.378 e. The molecule has 2 fully saturated rings. The summed E-state index contributed by atoms with van der Waals surface area (Å²) in [5.41, 5.74) is 5.38. The van der Waals surface area contributed by atoms with Gasteiger partial charge < -0.3 is 30.7 Å². The van der Waals surface area contributed by atoms with Gasteiger partial charge in [0.05, 0.1) is 26.4 Å². The molecule has 0 radical (unpaired) electrons. The zero-order valence-electron chi connectivity index (χ0n) is 16.9. The predicted molar refractivity (Wildman–Crippen MR) is 111 cm³/mol. The lowest BCUT2D eigenvalue weighted by Crippen LogP contribution is -2.32. The molecule has 9 nitrogen and oxygen atoms in total. The predicted octanol–water partition coefficient (Wildman–Crippen LogP) is 1.62. The molecule has 1 aromatic rings. The Labute approximate surface area is 167 Å². The third-order valence-corrected chi connectivity index (χ3v) is 5.11. The lowest BCUT2D eigenvalue weighted by atomic mass is 10.1. The van der Waals surface area contributed by atoms with Crippen molar-refractivity contribution < 1.29 is 9.47 Å². The van der Waals surface area contributed by atoms with Crippen molar-refractivity contribution in [3.63, 3.8) is 0 Å². The zero-order valence-corrected chi connectivity index (χ0v) is 16.9. The lowest BCUT2D eigenvalue weighted by Gasteiger charge is -2.27. The molecule has 1 saturated carbocycles. The fourth-order valence-corrected chi connectivity index (χ4v) is 3.64. The number of piperidine rings is 1. The fourth-order valence-electron chi connectivity index (χ4n) is 3.64. The van der Waals surface area contributed by atoms with Crippen LogP contribution in [-0.2, 0) is 9.47 Å². The molecular weight excluding hydrogens is 358 g/mol. The Morgan fingerprint density at radius 2 is 1.57 bits per heavy atom. The molecule has 0 aromatic carbocycles. The molecule has 1 aromatic heterocycles. The first-order chi connectivity index (χ1) is 13.8. The molecule has 1 saturated heterocycles. The van der Waals surface area contributed by atoms with E-state index in [1.807, 2.05) is 0 Å². The summed E-state index contributed by atoms with van der Waals surface area (Å²) >= 11 is 0. The van der Waals surface area contributed by atoms with Crippen LogP contribution in [0.5, 0.6) is 0 Å². The number of hydrogen-bond donors (Lipinski definition) is 3. The van der Waals surface area contributed by atoms with Gasteiger partial charge in [0, 0.05) is 32.2 Å². The average Bonchev–Trinajstić information content (AvgIpc) is 3.23. The third-order valence-electron chi connectivity index (χ3n) is 5.11. The van der Waals surface area contributed by atoms with Crippen molar-refractivity contribution in [2.75, 3.05) is 68.1 Å². The number of nitrogens with one attached hydrogen (secondary N) is 2. The van der Waals surface area contributed by atoms with Crippen LogP contribution in [0.2, 0.25) is 0 Å². The number of ether oxygens (including phenoxy) is 2. The third kappa shape index (κ3) is 7.03. The lowest BCUT2D eigenvalue weighted by molar-refractivity contribution is 0.0547. The molecule has 9 heteroatoms. The first-order valence-corrected chi connectivity index (χ1v) is 10.7. The van der Waals surface area contributed by atoms with Gasteiger partial charge in [-0.1, -0.05) is 12.8 Å². The summed E-state index contributed by atoms with van der Waals surface area (Å²) in [5.74, 6) is 2.06. The Kier molecular flexibility index (Phi) is 8.99. The maximum atomic E-state index is 5.56. The molecule has 0 spiro atoms. The smallest absolute Gasteiger partial charge is 0.231 e. The highest BCUT2D eigenvalue weighted by molar-refractivity contribution is 5.44. The van der Waals surface area contributed by atoms with Gasteiger partial charge >= 0.3 is 0 Å². The quantitative estimate of drug-likeness (QED) is 0.456. The molecule has 2 heterocycles. The molecule has 0 atom stereocenters. The zero-order chi connectivity index (χ0) is 19.4. The van der Waals surface area contributed by atoms with Gasteiger partial charge in [0.1, 0.15) is 0 Å². The first kappa shape index (κ1) is 21.0. The van der Waals surface area contributed by atoms with E-state index in [0.717, 1.165) is 19.0 Å². The van der Waals surface area contributed by atoms with E-state index in [-0.39, 0.29) is 0 Å². The van der Waals surface area contributed by atoms with Crippen molar-refractivity contribution in [3.8, 4) is 0 Å². The van der Waals surface area contributed by atoms with Crippen LogP contribution >= 0.6 is 0 Å².